The number of rotatable bonds is 3. The molecule has 0 saturated carbocycles. The Morgan fingerprint density at radius 3 is 3.00 bits per heavy atom. The van der Waals surface area contributed by atoms with Gasteiger partial charge in [-0.25, -0.2) is 4.98 Å². The van der Waals surface area contributed by atoms with E-state index >= 15 is 0 Å². The number of Topliss-reactive ketones (excluding diaryl/α,β-unsaturated/α-hetero) is 1. The third kappa shape index (κ3) is 1.70. The van der Waals surface area contributed by atoms with Gasteiger partial charge in [0.05, 0.1) is 18.3 Å². The Kier molecular flexibility index (Phi) is 2.41. The highest BCUT2D eigenvalue weighted by molar-refractivity contribution is 5.99. The van der Waals surface area contributed by atoms with Gasteiger partial charge in [-0.05, 0) is 6.07 Å². The van der Waals surface area contributed by atoms with Crippen LogP contribution in [0.5, 0.6) is 5.88 Å². The molecule has 0 saturated heterocycles. The van der Waals surface area contributed by atoms with Crippen LogP contribution in [0.3, 0.4) is 0 Å². The number of H-pyrrole nitrogens is 1. The summed E-state index contributed by atoms with van der Waals surface area (Å²) in [5.41, 5.74) is 1.50. The summed E-state index contributed by atoms with van der Waals surface area (Å²) < 4.78 is 5.00. The van der Waals surface area contributed by atoms with Crippen LogP contribution in [-0.4, -0.2) is 22.9 Å². The third-order valence-electron chi connectivity index (χ3n) is 2.31. The van der Waals surface area contributed by atoms with Gasteiger partial charge >= 0.3 is 0 Å². The standard InChI is InChI=1S/C11H12N2O2/c1-3-10(14)9-4-7-6-12-11(15-2)5-8(7)13-9/h4-6,13H,3H2,1-2H3. The highest BCUT2D eigenvalue weighted by atomic mass is 16.5. The van der Waals surface area contributed by atoms with Crippen molar-refractivity contribution in [3.8, 4) is 5.88 Å². The molecule has 2 heterocycles. The van der Waals surface area contributed by atoms with E-state index in [0.29, 0.717) is 18.0 Å². The van der Waals surface area contributed by atoms with Crippen molar-refractivity contribution in [1.29, 1.82) is 0 Å². The Hall–Kier alpha value is -1.84. The van der Waals surface area contributed by atoms with Crippen LogP contribution in [0, 0.1) is 0 Å². The minimum Gasteiger partial charge on any atom is -0.481 e. The molecule has 2 aromatic heterocycles. The maximum absolute atomic E-state index is 11.5. The highest BCUT2D eigenvalue weighted by Gasteiger charge is 2.08. The van der Waals surface area contributed by atoms with Crippen molar-refractivity contribution in [2.75, 3.05) is 7.11 Å². The minimum atomic E-state index is 0.102. The smallest absolute Gasteiger partial charge is 0.215 e. The first kappa shape index (κ1) is 9.71. The van der Waals surface area contributed by atoms with E-state index in [2.05, 4.69) is 9.97 Å². The van der Waals surface area contributed by atoms with Crippen LogP contribution in [0.2, 0.25) is 0 Å². The third-order valence-corrected chi connectivity index (χ3v) is 2.31. The zero-order chi connectivity index (χ0) is 10.8. The van der Waals surface area contributed by atoms with Crippen molar-refractivity contribution < 1.29 is 9.53 Å². The molecule has 2 rings (SSSR count). The zero-order valence-corrected chi connectivity index (χ0v) is 8.70. The molecular weight excluding hydrogens is 192 g/mol. The summed E-state index contributed by atoms with van der Waals surface area (Å²) in [6.45, 7) is 1.84. The molecule has 4 nitrogen and oxygen atoms in total. The van der Waals surface area contributed by atoms with Crippen LogP contribution in [0.15, 0.2) is 18.3 Å². The van der Waals surface area contributed by atoms with Crippen LogP contribution in [-0.2, 0) is 0 Å². The fourth-order valence-corrected chi connectivity index (χ4v) is 1.46. The molecule has 0 unspecified atom stereocenters. The Balaban J connectivity index is 2.51. The largest absolute Gasteiger partial charge is 0.481 e. The monoisotopic (exact) mass is 204 g/mol. The molecular formula is C11H12N2O2. The molecule has 0 amide bonds. The van der Waals surface area contributed by atoms with Crippen molar-refractivity contribution in [1.82, 2.24) is 9.97 Å². The highest BCUT2D eigenvalue weighted by Crippen LogP contribution is 2.19. The summed E-state index contributed by atoms with van der Waals surface area (Å²) in [5.74, 6) is 0.644. The molecule has 4 heteroatoms. The topological polar surface area (TPSA) is 55.0 Å². The number of carbonyl (C=O) groups is 1. The van der Waals surface area contributed by atoms with Crippen molar-refractivity contribution in [3.63, 3.8) is 0 Å². The fourth-order valence-electron chi connectivity index (χ4n) is 1.46. The second kappa shape index (κ2) is 3.73. The van der Waals surface area contributed by atoms with Gasteiger partial charge in [-0.1, -0.05) is 6.92 Å². The first-order valence-electron chi connectivity index (χ1n) is 4.80. The van der Waals surface area contributed by atoms with Crippen molar-refractivity contribution in [2.24, 2.45) is 0 Å². The van der Waals surface area contributed by atoms with Gasteiger partial charge in [0, 0.05) is 24.1 Å². The summed E-state index contributed by atoms with van der Waals surface area (Å²) >= 11 is 0. The van der Waals surface area contributed by atoms with E-state index in [9.17, 15) is 4.79 Å². The molecule has 0 spiro atoms. The molecule has 0 aromatic carbocycles. The number of hydrogen-bond donors (Lipinski definition) is 1. The lowest BCUT2D eigenvalue weighted by atomic mass is 10.2. The lowest BCUT2D eigenvalue weighted by Gasteiger charge is -1.96. The van der Waals surface area contributed by atoms with Crippen LogP contribution in [0.1, 0.15) is 23.8 Å². The van der Waals surface area contributed by atoms with E-state index in [-0.39, 0.29) is 5.78 Å². The van der Waals surface area contributed by atoms with Gasteiger partial charge in [-0.3, -0.25) is 4.79 Å². The quantitative estimate of drug-likeness (QED) is 0.779. The molecule has 0 radical (unpaired) electrons. The van der Waals surface area contributed by atoms with Crippen LogP contribution < -0.4 is 4.74 Å². The summed E-state index contributed by atoms with van der Waals surface area (Å²) in [6.07, 6.45) is 2.19. The Morgan fingerprint density at radius 1 is 1.53 bits per heavy atom. The predicted molar refractivity (Wildman–Crippen MR) is 57.3 cm³/mol. The van der Waals surface area contributed by atoms with E-state index in [1.165, 1.54) is 0 Å². The predicted octanol–water partition coefficient (Wildman–Crippen LogP) is 2.16. The van der Waals surface area contributed by atoms with Gasteiger partial charge in [0.2, 0.25) is 5.88 Å². The second-order valence-corrected chi connectivity index (χ2v) is 3.27. The van der Waals surface area contributed by atoms with Crippen LogP contribution >= 0.6 is 0 Å². The number of ketones is 1. The Morgan fingerprint density at radius 2 is 2.33 bits per heavy atom. The average molecular weight is 204 g/mol. The van der Waals surface area contributed by atoms with E-state index in [0.717, 1.165) is 10.9 Å². The second-order valence-electron chi connectivity index (χ2n) is 3.27. The number of ether oxygens (including phenoxy) is 1. The van der Waals surface area contributed by atoms with E-state index in [1.54, 1.807) is 19.4 Å². The number of hydrogen-bond acceptors (Lipinski definition) is 3. The molecule has 2 aromatic rings. The lowest BCUT2D eigenvalue weighted by Crippen LogP contribution is -1.95. The molecule has 0 bridgehead atoms. The molecule has 0 aliphatic rings. The number of fused-ring (bicyclic) bond motifs is 1. The first-order chi connectivity index (χ1) is 7.24. The SMILES string of the molecule is CCC(=O)c1cc2cnc(OC)cc2[nH]1. The number of nitrogens with zero attached hydrogens (tertiary/aromatic N) is 1. The van der Waals surface area contributed by atoms with Crippen molar-refractivity contribution in [2.45, 2.75) is 13.3 Å². The maximum atomic E-state index is 11.5. The molecule has 15 heavy (non-hydrogen) atoms. The molecule has 78 valence electrons. The lowest BCUT2D eigenvalue weighted by molar-refractivity contribution is 0.0984. The number of aromatic amines is 1. The number of pyridine rings is 1. The fraction of sp³-hybridized carbons (Fsp3) is 0.273. The summed E-state index contributed by atoms with van der Waals surface area (Å²) in [7, 11) is 1.56. The summed E-state index contributed by atoms with van der Waals surface area (Å²) in [6, 6.07) is 3.59. The normalized spacial score (nSPS) is 10.5. The summed E-state index contributed by atoms with van der Waals surface area (Å²) in [4.78, 5) is 18.6. The van der Waals surface area contributed by atoms with Crippen molar-refractivity contribution in [3.05, 3.63) is 24.0 Å². The Labute approximate surface area is 87.3 Å². The van der Waals surface area contributed by atoms with Gasteiger partial charge in [0.25, 0.3) is 0 Å². The van der Waals surface area contributed by atoms with Gasteiger partial charge in [0.1, 0.15) is 0 Å². The van der Waals surface area contributed by atoms with Gasteiger partial charge in [-0.2, -0.15) is 0 Å². The number of methoxy groups -OCH3 is 1. The minimum absolute atomic E-state index is 0.102. The van der Waals surface area contributed by atoms with E-state index < -0.39 is 0 Å². The van der Waals surface area contributed by atoms with Gasteiger partial charge in [0.15, 0.2) is 5.78 Å². The zero-order valence-electron chi connectivity index (χ0n) is 8.70. The molecule has 0 fully saturated rings. The maximum Gasteiger partial charge on any atom is 0.215 e. The van der Waals surface area contributed by atoms with Crippen LogP contribution in [0.4, 0.5) is 0 Å². The van der Waals surface area contributed by atoms with Gasteiger partial charge in [-0.15, -0.1) is 0 Å². The van der Waals surface area contributed by atoms with Crippen molar-refractivity contribution >= 4 is 16.7 Å². The Bertz CT molecular complexity index is 502. The molecule has 1 N–H and O–H groups in total. The average Bonchev–Trinajstić information content (AvgIpc) is 2.70. The molecule has 0 aliphatic heterocycles. The van der Waals surface area contributed by atoms with E-state index in [4.69, 9.17) is 4.74 Å². The van der Waals surface area contributed by atoms with Crippen LogP contribution in [0.25, 0.3) is 10.9 Å². The van der Waals surface area contributed by atoms with E-state index in [1.807, 2.05) is 13.0 Å². The molecule has 0 aliphatic carbocycles. The summed E-state index contributed by atoms with van der Waals surface area (Å²) in [5, 5.41) is 0.924. The van der Waals surface area contributed by atoms with Gasteiger partial charge < -0.3 is 9.72 Å². The first-order valence-corrected chi connectivity index (χ1v) is 4.80. The number of nitrogens with one attached hydrogen (secondary N) is 1. The number of aromatic nitrogens is 2. The number of carbonyl (C=O) groups excluding carboxylic acids is 1. The molecule has 0 atom stereocenters.